The van der Waals surface area contributed by atoms with E-state index in [2.05, 4.69) is 0 Å². The van der Waals surface area contributed by atoms with Crippen LogP contribution in [0, 0.1) is 0 Å². The van der Waals surface area contributed by atoms with Gasteiger partial charge in [0.2, 0.25) is 0 Å². The highest BCUT2D eigenvalue weighted by Crippen LogP contribution is 2.20. The molecule has 4 nitrogen and oxygen atoms in total. The molecule has 2 N–H and O–H groups in total. The van der Waals surface area contributed by atoms with Gasteiger partial charge in [0.1, 0.15) is 5.75 Å². The predicted molar refractivity (Wildman–Crippen MR) is 76.2 cm³/mol. The van der Waals surface area contributed by atoms with Crippen LogP contribution >= 0.6 is 0 Å². The van der Waals surface area contributed by atoms with Gasteiger partial charge in [0, 0.05) is 12.1 Å². The summed E-state index contributed by atoms with van der Waals surface area (Å²) in [5.41, 5.74) is 7.60. The fourth-order valence-electron chi connectivity index (χ4n) is 1.66. The van der Waals surface area contributed by atoms with Crippen LogP contribution in [0.3, 0.4) is 0 Å². The first-order valence-corrected chi connectivity index (χ1v) is 6.54. The third-order valence-electron chi connectivity index (χ3n) is 2.60. The van der Waals surface area contributed by atoms with Gasteiger partial charge in [0.15, 0.2) is 0 Å². The summed E-state index contributed by atoms with van der Waals surface area (Å²) in [6.45, 7) is 8.26. The summed E-state index contributed by atoms with van der Waals surface area (Å²) < 4.78 is 16.5. The van der Waals surface area contributed by atoms with Crippen molar-refractivity contribution in [3.63, 3.8) is 0 Å². The monoisotopic (exact) mass is 267 g/mol. The summed E-state index contributed by atoms with van der Waals surface area (Å²) in [5, 5.41) is 0. The van der Waals surface area contributed by atoms with Crippen molar-refractivity contribution in [3.05, 3.63) is 29.3 Å². The van der Waals surface area contributed by atoms with Crippen LogP contribution in [0.25, 0.3) is 0 Å². The van der Waals surface area contributed by atoms with E-state index in [0.717, 1.165) is 16.9 Å². The molecule has 19 heavy (non-hydrogen) atoms. The minimum Gasteiger partial charge on any atom is -0.496 e. The van der Waals surface area contributed by atoms with E-state index in [1.54, 1.807) is 7.11 Å². The highest BCUT2D eigenvalue weighted by molar-refractivity contribution is 5.36. The molecule has 4 heteroatoms. The highest BCUT2D eigenvalue weighted by atomic mass is 16.5. The Kier molecular flexibility index (Phi) is 6.28. The van der Waals surface area contributed by atoms with E-state index >= 15 is 0 Å². The van der Waals surface area contributed by atoms with Gasteiger partial charge < -0.3 is 19.9 Å². The number of hydrogen-bond donors (Lipinski definition) is 1. The quantitative estimate of drug-likeness (QED) is 0.771. The third kappa shape index (κ3) is 6.05. The van der Waals surface area contributed by atoms with Crippen LogP contribution in [0.4, 0.5) is 0 Å². The molecule has 0 heterocycles. The topological polar surface area (TPSA) is 53.7 Å². The predicted octanol–water partition coefficient (Wildman–Crippen LogP) is 2.49. The lowest BCUT2D eigenvalue weighted by molar-refractivity contribution is -0.0378. The molecule has 108 valence electrons. The van der Waals surface area contributed by atoms with E-state index in [9.17, 15) is 0 Å². The zero-order chi connectivity index (χ0) is 14.3. The van der Waals surface area contributed by atoms with Gasteiger partial charge in [-0.15, -0.1) is 0 Å². The first kappa shape index (κ1) is 16.0. The first-order chi connectivity index (χ1) is 8.96. The summed E-state index contributed by atoms with van der Waals surface area (Å²) in [6.07, 6.45) is 0. The fourth-order valence-corrected chi connectivity index (χ4v) is 1.66. The van der Waals surface area contributed by atoms with Crippen molar-refractivity contribution in [1.29, 1.82) is 0 Å². The summed E-state index contributed by atoms with van der Waals surface area (Å²) in [7, 11) is 1.66. The van der Waals surface area contributed by atoms with Crippen LogP contribution in [-0.4, -0.2) is 25.9 Å². The summed E-state index contributed by atoms with van der Waals surface area (Å²) in [4.78, 5) is 0. The van der Waals surface area contributed by atoms with Crippen LogP contribution in [0.15, 0.2) is 18.2 Å². The molecule has 0 atom stereocenters. The summed E-state index contributed by atoms with van der Waals surface area (Å²) >= 11 is 0. The molecule has 1 aromatic carbocycles. The van der Waals surface area contributed by atoms with E-state index in [4.69, 9.17) is 19.9 Å². The molecular formula is C15H25NO3. The van der Waals surface area contributed by atoms with E-state index < -0.39 is 0 Å². The van der Waals surface area contributed by atoms with Crippen LogP contribution in [0.5, 0.6) is 5.75 Å². The fraction of sp³-hybridized carbons (Fsp3) is 0.600. The Balaban J connectivity index is 2.43. The zero-order valence-corrected chi connectivity index (χ0v) is 12.4. The first-order valence-electron chi connectivity index (χ1n) is 6.54. The Hall–Kier alpha value is -1.10. The number of nitrogens with two attached hydrogens (primary N) is 1. The number of benzene rings is 1. The molecule has 0 unspecified atom stereocenters. The highest BCUT2D eigenvalue weighted by Gasteiger charge is 2.09. The zero-order valence-electron chi connectivity index (χ0n) is 12.4. The Morgan fingerprint density at radius 2 is 1.89 bits per heavy atom. The Labute approximate surface area is 115 Å². The van der Waals surface area contributed by atoms with Crippen molar-refractivity contribution in [3.8, 4) is 5.75 Å². The third-order valence-corrected chi connectivity index (χ3v) is 2.60. The van der Waals surface area contributed by atoms with E-state index in [0.29, 0.717) is 26.4 Å². The molecule has 0 radical (unpaired) electrons. The number of rotatable bonds is 7. The minimum atomic E-state index is -0.124. The van der Waals surface area contributed by atoms with Gasteiger partial charge in [-0.25, -0.2) is 0 Å². The minimum absolute atomic E-state index is 0.124. The second-order valence-corrected chi connectivity index (χ2v) is 5.36. The number of ether oxygens (including phenoxy) is 3. The number of hydrogen-bond acceptors (Lipinski definition) is 4. The van der Waals surface area contributed by atoms with E-state index in [1.165, 1.54) is 0 Å². The molecule has 0 aromatic heterocycles. The average Bonchev–Trinajstić information content (AvgIpc) is 2.36. The Morgan fingerprint density at radius 3 is 2.47 bits per heavy atom. The van der Waals surface area contributed by atoms with Crippen LogP contribution < -0.4 is 10.5 Å². The molecule has 0 amide bonds. The summed E-state index contributed by atoms with van der Waals surface area (Å²) in [5.74, 6) is 0.828. The van der Waals surface area contributed by atoms with Crippen molar-refractivity contribution in [1.82, 2.24) is 0 Å². The molecule has 1 aromatic rings. The normalized spacial score (nSPS) is 11.6. The molecule has 0 bridgehead atoms. The molecule has 0 fully saturated rings. The second-order valence-electron chi connectivity index (χ2n) is 5.36. The molecule has 0 aliphatic carbocycles. The van der Waals surface area contributed by atoms with Crippen LogP contribution in [-0.2, 0) is 22.6 Å². The molecule has 0 saturated heterocycles. The van der Waals surface area contributed by atoms with Gasteiger partial charge in [0.25, 0.3) is 0 Å². The Bertz CT molecular complexity index is 385. The van der Waals surface area contributed by atoms with E-state index in [-0.39, 0.29) is 5.60 Å². The molecule has 0 saturated carbocycles. The second kappa shape index (κ2) is 7.48. The maximum Gasteiger partial charge on any atom is 0.124 e. The van der Waals surface area contributed by atoms with E-state index in [1.807, 2.05) is 39.0 Å². The van der Waals surface area contributed by atoms with Crippen molar-refractivity contribution < 1.29 is 14.2 Å². The van der Waals surface area contributed by atoms with Gasteiger partial charge >= 0.3 is 0 Å². The molecule has 0 spiro atoms. The summed E-state index contributed by atoms with van der Waals surface area (Å²) in [6, 6.07) is 5.90. The van der Waals surface area contributed by atoms with Crippen molar-refractivity contribution in [2.75, 3.05) is 20.3 Å². The molecule has 0 aliphatic rings. The maximum absolute atomic E-state index is 5.63. The van der Waals surface area contributed by atoms with Crippen molar-refractivity contribution in [2.45, 2.75) is 39.5 Å². The van der Waals surface area contributed by atoms with Crippen molar-refractivity contribution >= 4 is 0 Å². The molecular weight excluding hydrogens is 242 g/mol. The average molecular weight is 267 g/mol. The largest absolute Gasteiger partial charge is 0.496 e. The van der Waals surface area contributed by atoms with Crippen LogP contribution in [0.1, 0.15) is 31.9 Å². The van der Waals surface area contributed by atoms with Gasteiger partial charge in [-0.1, -0.05) is 6.07 Å². The van der Waals surface area contributed by atoms with Gasteiger partial charge in [-0.3, -0.25) is 0 Å². The standard InChI is InChI=1S/C15H25NO3/c1-15(2,3)19-8-7-18-11-13-9-12(10-16)5-6-14(13)17-4/h5-6,9H,7-8,10-11,16H2,1-4H3. The van der Waals surface area contributed by atoms with Gasteiger partial charge in [-0.05, 0) is 38.5 Å². The smallest absolute Gasteiger partial charge is 0.124 e. The maximum atomic E-state index is 5.63. The van der Waals surface area contributed by atoms with Crippen molar-refractivity contribution in [2.24, 2.45) is 5.73 Å². The molecule has 1 rings (SSSR count). The Morgan fingerprint density at radius 1 is 1.16 bits per heavy atom. The lowest BCUT2D eigenvalue weighted by atomic mass is 10.1. The number of methoxy groups -OCH3 is 1. The lowest BCUT2D eigenvalue weighted by Crippen LogP contribution is -2.21. The SMILES string of the molecule is COc1ccc(CN)cc1COCCOC(C)(C)C. The van der Waals surface area contributed by atoms with Gasteiger partial charge in [0.05, 0.1) is 32.5 Å². The molecule has 0 aliphatic heterocycles. The van der Waals surface area contributed by atoms with Crippen LogP contribution in [0.2, 0.25) is 0 Å². The lowest BCUT2D eigenvalue weighted by Gasteiger charge is -2.19. The van der Waals surface area contributed by atoms with Gasteiger partial charge in [-0.2, -0.15) is 0 Å².